The minimum absolute atomic E-state index is 0.235. The van der Waals surface area contributed by atoms with Gasteiger partial charge in [-0.2, -0.15) is 4.31 Å². The maximum Gasteiger partial charge on any atom is 0.246 e. The van der Waals surface area contributed by atoms with Crippen LogP contribution in [0.3, 0.4) is 0 Å². The van der Waals surface area contributed by atoms with Crippen molar-refractivity contribution in [1.82, 2.24) is 9.21 Å². The molecule has 1 saturated heterocycles. The summed E-state index contributed by atoms with van der Waals surface area (Å²) in [5, 5.41) is 0. The van der Waals surface area contributed by atoms with Crippen molar-refractivity contribution in [3.05, 3.63) is 22.7 Å². The van der Waals surface area contributed by atoms with Gasteiger partial charge in [0.1, 0.15) is 10.6 Å². The number of ether oxygens (including phenoxy) is 1. The van der Waals surface area contributed by atoms with Crippen LogP contribution >= 0.6 is 15.9 Å². The molecule has 0 unspecified atom stereocenters. The lowest BCUT2D eigenvalue weighted by molar-refractivity contribution is 0.180. The van der Waals surface area contributed by atoms with Gasteiger partial charge in [0.05, 0.1) is 7.11 Å². The third-order valence-electron chi connectivity index (χ3n) is 4.08. The molecule has 1 aromatic rings. The number of piperazine rings is 1. The van der Waals surface area contributed by atoms with Crippen LogP contribution in [0.1, 0.15) is 12.8 Å². The van der Waals surface area contributed by atoms with E-state index in [1.54, 1.807) is 22.5 Å². The standard InChI is InChI=1S/C14H19BrN2O3S/c1-20-13-5-2-11(15)10-14(13)21(18,19)17-8-6-16(7-9-17)12-3-4-12/h2,5,10,12H,3-4,6-9H2,1H3. The van der Waals surface area contributed by atoms with Gasteiger partial charge >= 0.3 is 0 Å². The first-order valence-electron chi connectivity index (χ1n) is 7.10. The monoisotopic (exact) mass is 374 g/mol. The van der Waals surface area contributed by atoms with Crippen LogP contribution in [-0.2, 0) is 10.0 Å². The van der Waals surface area contributed by atoms with Crippen LogP contribution < -0.4 is 4.74 Å². The second kappa shape index (κ2) is 5.87. The van der Waals surface area contributed by atoms with E-state index >= 15 is 0 Å². The SMILES string of the molecule is COc1ccc(Br)cc1S(=O)(=O)N1CCN(C2CC2)CC1. The smallest absolute Gasteiger partial charge is 0.246 e. The van der Waals surface area contributed by atoms with Gasteiger partial charge in [0, 0.05) is 36.7 Å². The highest BCUT2D eigenvalue weighted by Gasteiger charge is 2.35. The zero-order valence-corrected chi connectivity index (χ0v) is 14.4. The molecule has 2 fully saturated rings. The summed E-state index contributed by atoms with van der Waals surface area (Å²) in [7, 11) is -2.01. The van der Waals surface area contributed by atoms with E-state index in [2.05, 4.69) is 20.8 Å². The maximum atomic E-state index is 12.8. The van der Waals surface area contributed by atoms with Gasteiger partial charge in [-0.3, -0.25) is 4.90 Å². The molecule has 1 aliphatic carbocycles. The van der Waals surface area contributed by atoms with Gasteiger partial charge < -0.3 is 4.74 Å². The topological polar surface area (TPSA) is 49.9 Å². The molecule has 1 saturated carbocycles. The third kappa shape index (κ3) is 3.11. The summed E-state index contributed by atoms with van der Waals surface area (Å²) >= 11 is 3.33. The van der Waals surface area contributed by atoms with Crippen molar-refractivity contribution in [1.29, 1.82) is 0 Å². The van der Waals surface area contributed by atoms with Crippen LogP contribution in [0.25, 0.3) is 0 Å². The van der Waals surface area contributed by atoms with E-state index in [0.717, 1.165) is 17.6 Å². The average Bonchev–Trinajstić information content (AvgIpc) is 3.32. The lowest BCUT2D eigenvalue weighted by Gasteiger charge is -2.34. The van der Waals surface area contributed by atoms with Crippen molar-refractivity contribution in [3.63, 3.8) is 0 Å². The van der Waals surface area contributed by atoms with Gasteiger partial charge in [0.2, 0.25) is 10.0 Å². The summed E-state index contributed by atoms with van der Waals surface area (Å²) in [6.07, 6.45) is 2.51. The molecular weight excluding hydrogens is 356 g/mol. The Morgan fingerprint density at radius 1 is 1.19 bits per heavy atom. The fourth-order valence-corrected chi connectivity index (χ4v) is 4.86. The molecule has 0 spiro atoms. The van der Waals surface area contributed by atoms with Gasteiger partial charge in [0.15, 0.2) is 0 Å². The number of hydrogen-bond acceptors (Lipinski definition) is 4. The Morgan fingerprint density at radius 2 is 1.86 bits per heavy atom. The number of benzene rings is 1. The largest absolute Gasteiger partial charge is 0.495 e. The van der Waals surface area contributed by atoms with E-state index < -0.39 is 10.0 Å². The molecular formula is C14H19BrN2O3S. The van der Waals surface area contributed by atoms with Crippen molar-refractivity contribution in [2.24, 2.45) is 0 Å². The third-order valence-corrected chi connectivity index (χ3v) is 6.49. The van der Waals surface area contributed by atoms with Gasteiger partial charge in [0.25, 0.3) is 0 Å². The highest BCUT2D eigenvalue weighted by atomic mass is 79.9. The van der Waals surface area contributed by atoms with Crippen LogP contribution in [0.15, 0.2) is 27.6 Å². The van der Waals surface area contributed by atoms with E-state index in [0.29, 0.717) is 24.9 Å². The number of nitrogens with zero attached hydrogens (tertiary/aromatic N) is 2. The van der Waals surface area contributed by atoms with E-state index in [1.165, 1.54) is 20.0 Å². The minimum Gasteiger partial charge on any atom is -0.495 e. The van der Waals surface area contributed by atoms with Crippen LogP contribution in [0.4, 0.5) is 0 Å². The summed E-state index contributed by atoms with van der Waals surface area (Å²) < 4.78 is 33.1. The predicted molar refractivity (Wildman–Crippen MR) is 84.0 cm³/mol. The van der Waals surface area contributed by atoms with Gasteiger partial charge in [-0.05, 0) is 31.0 Å². The van der Waals surface area contributed by atoms with Gasteiger partial charge in [-0.1, -0.05) is 15.9 Å². The van der Waals surface area contributed by atoms with Crippen molar-refractivity contribution in [2.45, 2.75) is 23.8 Å². The zero-order chi connectivity index (χ0) is 15.0. The Morgan fingerprint density at radius 3 is 2.43 bits per heavy atom. The first-order chi connectivity index (χ1) is 10.0. The Hall–Kier alpha value is -0.630. The molecule has 116 valence electrons. The molecule has 0 radical (unpaired) electrons. The molecule has 21 heavy (non-hydrogen) atoms. The highest BCUT2D eigenvalue weighted by molar-refractivity contribution is 9.10. The molecule has 1 aliphatic heterocycles. The van der Waals surface area contributed by atoms with Gasteiger partial charge in [-0.15, -0.1) is 0 Å². The molecule has 0 amide bonds. The van der Waals surface area contributed by atoms with E-state index in [4.69, 9.17) is 4.74 Å². The number of halogens is 1. The van der Waals surface area contributed by atoms with Crippen molar-refractivity contribution in [3.8, 4) is 5.75 Å². The molecule has 2 aliphatic rings. The van der Waals surface area contributed by atoms with Crippen molar-refractivity contribution in [2.75, 3.05) is 33.3 Å². The summed E-state index contributed by atoms with van der Waals surface area (Å²) in [6.45, 7) is 2.74. The molecule has 1 aromatic carbocycles. The fourth-order valence-electron chi connectivity index (χ4n) is 2.74. The fraction of sp³-hybridized carbons (Fsp3) is 0.571. The first kappa shape index (κ1) is 15.3. The lowest BCUT2D eigenvalue weighted by atomic mass is 10.3. The predicted octanol–water partition coefficient (Wildman–Crippen LogP) is 1.93. The number of rotatable bonds is 4. The quantitative estimate of drug-likeness (QED) is 0.807. The Bertz CT molecular complexity index is 623. The Labute approximate surface area is 134 Å². The zero-order valence-electron chi connectivity index (χ0n) is 12.0. The van der Waals surface area contributed by atoms with E-state index in [-0.39, 0.29) is 4.90 Å². The Kier molecular flexibility index (Phi) is 4.27. The van der Waals surface area contributed by atoms with Crippen LogP contribution in [0.5, 0.6) is 5.75 Å². The normalized spacial score (nSPS) is 21.4. The molecule has 0 atom stereocenters. The molecule has 0 aromatic heterocycles. The average molecular weight is 375 g/mol. The Balaban J connectivity index is 1.82. The highest BCUT2D eigenvalue weighted by Crippen LogP contribution is 2.32. The molecule has 0 bridgehead atoms. The van der Waals surface area contributed by atoms with Gasteiger partial charge in [-0.25, -0.2) is 8.42 Å². The molecule has 5 nitrogen and oxygen atoms in total. The second-order valence-corrected chi connectivity index (χ2v) is 8.29. The van der Waals surface area contributed by atoms with Crippen LogP contribution in [0.2, 0.25) is 0 Å². The lowest BCUT2D eigenvalue weighted by Crippen LogP contribution is -2.49. The van der Waals surface area contributed by atoms with Crippen LogP contribution in [-0.4, -0.2) is 57.0 Å². The van der Waals surface area contributed by atoms with Crippen molar-refractivity contribution < 1.29 is 13.2 Å². The molecule has 3 rings (SSSR count). The van der Waals surface area contributed by atoms with Crippen LogP contribution in [0, 0.1) is 0 Å². The molecule has 7 heteroatoms. The number of methoxy groups -OCH3 is 1. The summed E-state index contributed by atoms with van der Waals surface area (Å²) in [6, 6.07) is 5.76. The first-order valence-corrected chi connectivity index (χ1v) is 9.33. The maximum absolute atomic E-state index is 12.8. The van der Waals surface area contributed by atoms with E-state index in [1.807, 2.05) is 0 Å². The number of hydrogen-bond donors (Lipinski definition) is 0. The minimum atomic E-state index is -3.50. The second-order valence-electron chi connectivity index (χ2n) is 5.47. The summed E-state index contributed by atoms with van der Waals surface area (Å²) in [5.41, 5.74) is 0. The molecule has 0 N–H and O–H groups in total. The molecule has 1 heterocycles. The van der Waals surface area contributed by atoms with E-state index in [9.17, 15) is 8.42 Å². The summed E-state index contributed by atoms with van der Waals surface area (Å²) in [4.78, 5) is 2.63. The number of sulfonamides is 1. The van der Waals surface area contributed by atoms with Crippen molar-refractivity contribution >= 4 is 26.0 Å². The summed E-state index contributed by atoms with van der Waals surface area (Å²) in [5.74, 6) is 0.392.